The van der Waals surface area contributed by atoms with Crippen LogP contribution in [0.15, 0.2) is 29.8 Å². The minimum absolute atomic E-state index is 0.339. The Balaban J connectivity index is 2.67. The van der Waals surface area contributed by atoms with Crippen molar-refractivity contribution in [2.75, 3.05) is 0 Å². The van der Waals surface area contributed by atoms with Gasteiger partial charge in [-0.2, -0.15) is 0 Å². The van der Waals surface area contributed by atoms with E-state index in [2.05, 4.69) is 52.0 Å². The Morgan fingerprint density at radius 3 is 2.22 bits per heavy atom. The summed E-state index contributed by atoms with van der Waals surface area (Å²) in [6.45, 7) is 9.31. The molecule has 2 rings (SSSR count). The summed E-state index contributed by atoms with van der Waals surface area (Å²) < 4.78 is 0. The summed E-state index contributed by atoms with van der Waals surface area (Å²) in [5.41, 5.74) is 6.82. The van der Waals surface area contributed by atoms with Crippen LogP contribution in [0.4, 0.5) is 0 Å². The highest BCUT2D eigenvalue weighted by Gasteiger charge is 2.40. The van der Waals surface area contributed by atoms with Gasteiger partial charge in [-0.1, -0.05) is 64.0 Å². The summed E-state index contributed by atoms with van der Waals surface area (Å²) in [7, 11) is 0. The van der Waals surface area contributed by atoms with E-state index in [1.807, 2.05) is 0 Å². The molecule has 1 unspecified atom stereocenters. The van der Waals surface area contributed by atoms with Crippen molar-refractivity contribution in [2.24, 2.45) is 0 Å². The van der Waals surface area contributed by atoms with E-state index in [4.69, 9.17) is 0 Å². The molecule has 1 aliphatic carbocycles. The molecule has 0 spiro atoms. The molecule has 0 N–H and O–H groups in total. The van der Waals surface area contributed by atoms with E-state index in [0.717, 1.165) is 0 Å². The van der Waals surface area contributed by atoms with E-state index in [9.17, 15) is 0 Å². The highest BCUT2D eigenvalue weighted by molar-refractivity contribution is 5.80. The van der Waals surface area contributed by atoms with Gasteiger partial charge in [-0.25, -0.2) is 0 Å². The van der Waals surface area contributed by atoms with Gasteiger partial charge in [0.25, 0.3) is 0 Å². The first-order valence-corrected chi connectivity index (χ1v) is 7.57. The molecule has 1 aliphatic rings. The summed E-state index contributed by atoms with van der Waals surface area (Å²) in [4.78, 5) is 0. The predicted octanol–water partition coefficient (Wildman–Crippen LogP) is 5.72. The monoisotopic (exact) mass is 242 g/mol. The van der Waals surface area contributed by atoms with E-state index in [1.165, 1.54) is 37.7 Å². The lowest BCUT2D eigenvalue weighted by Gasteiger charge is -2.33. The standard InChI is InChI=1S/C18H26/c1-5-13-18(8-4)16(7-3)14(6-2)15-11-9-10-12-17(15)18/h9-12H,5-8,13H2,1-4H3. The Labute approximate surface area is 112 Å². The molecule has 0 heteroatoms. The predicted molar refractivity (Wildman–Crippen MR) is 80.8 cm³/mol. The molecule has 0 heterocycles. The van der Waals surface area contributed by atoms with Gasteiger partial charge in [-0.15, -0.1) is 0 Å². The maximum atomic E-state index is 2.37. The lowest BCUT2D eigenvalue weighted by molar-refractivity contribution is 0.439. The molecule has 0 fully saturated rings. The zero-order valence-electron chi connectivity index (χ0n) is 12.3. The quantitative estimate of drug-likeness (QED) is 0.619. The Bertz CT molecular complexity index is 453. The van der Waals surface area contributed by atoms with Crippen LogP contribution in [0.25, 0.3) is 5.57 Å². The number of fused-ring (bicyclic) bond motifs is 1. The van der Waals surface area contributed by atoms with Gasteiger partial charge in [0.15, 0.2) is 0 Å². The fourth-order valence-corrected chi connectivity index (χ4v) is 4.03. The molecule has 0 nitrogen and oxygen atoms in total. The third-order valence-electron chi connectivity index (χ3n) is 4.70. The average molecular weight is 242 g/mol. The molecule has 1 atom stereocenters. The molecule has 1 aromatic rings. The molecule has 98 valence electrons. The molecule has 0 saturated heterocycles. The minimum Gasteiger partial charge on any atom is -0.0653 e. The molecule has 0 aliphatic heterocycles. The van der Waals surface area contributed by atoms with Crippen LogP contribution in [0.3, 0.4) is 0 Å². The van der Waals surface area contributed by atoms with E-state index in [1.54, 1.807) is 16.7 Å². The minimum atomic E-state index is 0.339. The molecule has 18 heavy (non-hydrogen) atoms. The largest absolute Gasteiger partial charge is 0.0653 e. The van der Waals surface area contributed by atoms with Crippen LogP contribution in [0.1, 0.15) is 70.9 Å². The van der Waals surface area contributed by atoms with Crippen LogP contribution in [-0.2, 0) is 5.41 Å². The van der Waals surface area contributed by atoms with Crippen molar-refractivity contribution in [3.8, 4) is 0 Å². The van der Waals surface area contributed by atoms with Gasteiger partial charge in [-0.05, 0) is 42.4 Å². The highest BCUT2D eigenvalue weighted by atomic mass is 14.4. The van der Waals surface area contributed by atoms with Crippen molar-refractivity contribution in [1.82, 2.24) is 0 Å². The molecule has 0 radical (unpaired) electrons. The Morgan fingerprint density at radius 2 is 1.67 bits per heavy atom. The summed E-state index contributed by atoms with van der Waals surface area (Å²) in [5, 5.41) is 0. The lowest BCUT2D eigenvalue weighted by Crippen LogP contribution is -2.25. The molecule has 1 aromatic carbocycles. The van der Waals surface area contributed by atoms with Crippen LogP contribution in [-0.4, -0.2) is 0 Å². The summed E-state index contributed by atoms with van der Waals surface area (Å²) in [5.74, 6) is 0. The number of hydrogen-bond acceptors (Lipinski definition) is 0. The van der Waals surface area contributed by atoms with Gasteiger partial charge in [0, 0.05) is 5.41 Å². The zero-order valence-corrected chi connectivity index (χ0v) is 12.3. The number of benzene rings is 1. The van der Waals surface area contributed by atoms with Gasteiger partial charge >= 0.3 is 0 Å². The normalized spacial score (nSPS) is 22.4. The second-order valence-corrected chi connectivity index (χ2v) is 5.40. The first kappa shape index (κ1) is 13.4. The van der Waals surface area contributed by atoms with Crippen LogP contribution >= 0.6 is 0 Å². The van der Waals surface area contributed by atoms with Crippen LogP contribution in [0, 0.1) is 0 Å². The van der Waals surface area contributed by atoms with Crippen molar-refractivity contribution >= 4 is 5.57 Å². The van der Waals surface area contributed by atoms with Crippen molar-refractivity contribution in [2.45, 2.75) is 65.2 Å². The lowest BCUT2D eigenvalue weighted by atomic mass is 9.71. The van der Waals surface area contributed by atoms with Crippen LogP contribution in [0.2, 0.25) is 0 Å². The highest BCUT2D eigenvalue weighted by Crippen LogP contribution is 2.52. The first-order valence-electron chi connectivity index (χ1n) is 7.57. The second-order valence-electron chi connectivity index (χ2n) is 5.40. The van der Waals surface area contributed by atoms with Crippen molar-refractivity contribution in [3.63, 3.8) is 0 Å². The number of allylic oxidation sites excluding steroid dienone is 2. The van der Waals surface area contributed by atoms with Gasteiger partial charge in [0.05, 0.1) is 0 Å². The van der Waals surface area contributed by atoms with Gasteiger partial charge in [0.1, 0.15) is 0 Å². The molecular weight excluding hydrogens is 216 g/mol. The SMILES string of the molecule is CCCC1(CC)C(CC)=C(CC)c2ccccc21. The number of hydrogen-bond donors (Lipinski definition) is 0. The maximum absolute atomic E-state index is 2.37. The van der Waals surface area contributed by atoms with Crippen LogP contribution in [0.5, 0.6) is 0 Å². The van der Waals surface area contributed by atoms with E-state index >= 15 is 0 Å². The molecule has 0 saturated carbocycles. The summed E-state index contributed by atoms with van der Waals surface area (Å²) in [6, 6.07) is 9.11. The molecular formula is C18H26. The third-order valence-corrected chi connectivity index (χ3v) is 4.70. The van der Waals surface area contributed by atoms with Gasteiger partial charge in [-0.3, -0.25) is 0 Å². The first-order chi connectivity index (χ1) is 8.75. The smallest absolute Gasteiger partial charge is 0.0171 e. The topological polar surface area (TPSA) is 0 Å². The number of rotatable bonds is 5. The molecule has 0 bridgehead atoms. The van der Waals surface area contributed by atoms with E-state index < -0.39 is 0 Å². The molecule has 0 amide bonds. The van der Waals surface area contributed by atoms with E-state index in [0.29, 0.717) is 5.41 Å². The Hall–Kier alpha value is -1.04. The van der Waals surface area contributed by atoms with Crippen molar-refractivity contribution in [3.05, 3.63) is 41.0 Å². The summed E-state index contributed by atoms with van der Waals surface area (Å²) >= 11 is 0. The maximum Gasteiger partial charge on any atom is 0.0171 e. The van der Waals surface area contributed by atoms with Gasteiger partial charge < -0.3 is 0 Å². The van der Waals surface area contributed by atoms with Crippen molar-refractivity contribution in [1.29, 1.82) is 0 Å². The third kappa shape index (κ3) is 1.74. The molecule has 0 aromatic heterocycles. The van der Waals surface area contributed by atoms with Gasteiger partial charge in [0.2, 0.25) is 0 Å². The average Bonchev–Trinajstić information content (AvgIpc) is 2.69. The Morgan fingerprint density at radius 1 is 0.944 bits per heavy atom. The fourth-order valence-electron chi connectivity index (χ4n) is 4.03. The second kappa shape index (κ2) is 5.30. The zero-order chi connectivity index (χ0) is 13.2. The fraction of sp³-hybridized carbons (Fsp3) is 0.556. The van der Waals surface area contributed by atoms with Crippen molar-refractivity contribution < 1.29 is 0 Å². The van der Waals surface area contributed by atoms with Crippen LogP contribution < -0.4 is 0 Å². The Kier molecular flexibility index (Phi) is 3.94. The van der Waals surface area contributed by atoms with E-state index in [-0.39, 0.29) is 0 Å². The summed E-state index contributed by atoms with van der Waals surface area (Å²) in [6.07, 6.45) is 6.18.